The van der Waals surface area contributed by atoms with Crippen molar-refractivity contribution in [3.8, 4) is 0 Å². The number of hydrazone groups is 1. The first-order chi connectivity index (χ1) is 11.5. The topological polar surface area (TPSA) is 60.0 Å². The van der Waals surface area contributed by atoms with E-state index in [1.807, 2.05) is 0 Å². The molecule has 4 fully saturated rings. The van der Waals surface area contributed by atoms with Gasteiger partial charge < -0.3 is 15.1 Å². The summed E-state index contributed by atoms with van der Waals surface area (Å²) in [4.78, 5) is 17.2. The lowest BCUT2D eigenvalue weighted by atomic mass is 9.72. The van der Waals surface area contributed by atoms with Crippen molar-refractivity contribution in [3.05, 3.63) is 29.3 Å². The standard InChI is InChI=1S/C17H22ClN5O/c1-17-10-22-5-6-23(11-17)9-12(8-22)15(17)20-21-16(24)19-14-4-2-3-13(18)7-14/h2-4,7,12H,5-6,8-11H2,1H3,(H2,19,21,24). The molecule has 4 heterocycles. The first-order valence-corrected chi connectivity index (χ1v) is 8.75. The number of nitrogens with zero attached hydrogens (tertiary/aromatic N) is 3. The minimum atomic E-state index is -0.333. The second kappa shape index (κ2) is 6.02. The fourth-order valence-electron chi connectivity index (χ4n) is 4.36. The average Bonchev–Trinajstić information content (AvgIpc) is 2.73. The number of carbonyl (C=O) groups excluding carboxylic acids is 1. The van der Waals surface area contributed by atoms with Gasteiger partial charge >= 0.3 is 6.03 Å². The van der Waals surface area contributed by atoms with Crippen molar-refractivity contribution in [1.29, 1.82) is 0 Å². The molecule has 7 heteroatoms. The lowest BCUT2D eigenvalue weighted by molar-refractivity contribution is 0.130. The normalized spacial score (nSPS) is 35.8. The van der Waals surface area contributed by atoms with Gasteiger partial charge in [0.15, 0.2) is 0 Å². The number of hydrogen-bond acceptors (Lipinski definition) is 4. The van der Waals surface area contributed by atoms with Crippen molar-refractivity contribution in [1.82, 2.24) is 15.2 Å². The smallest absolute Gasteiger partial charge is 0.306 e. The fourth-order valence-corrected chi connectivity index (χ4v) is 4.55. The second-order valence-electron chi connectivity index (χ2n) is 7.30. The molecule has 5 rings (SSSR count). The molecule has 2 unspecified atom stereocenters. The number of amides is 2. The number of nitrogens with one attached hydrogen (secondary N) is 2. The van der Waals surface area contributed by atoms with Gasteiger partial charge in [-0.05, 0) is 18.2 Å². The third kappa shape index (κ3) is 3.01. The SMILES string of the molecule is CC12CN3CCN(CC(C3)C1=NNC(=O)Nc1cccc(Cl)c1)C2. The Balaban J connectivity index is 1.46. The summed E-state index contributed by atoms with van der Waals surface area (Å²) in [5.41, 5.74) is 4.51. The van der Waals surface area contributed by atoms with E-state index in [2.05, 4.69) is 32.6 Å². The number of hydrogen-bond donors (Lipinski definition) is 2. The molecule has 4 aliphatic heterocycles. The maximum Gasteiger partial charge on any atom is 0.339 e. The Bertz CT molecular complexity index is 675. The molecule has 2 N–H and O–H groups in total. The molecule has 1 aromatic rings. The Morgan fingerprint density at radius 3 is 2.62 bits per heavy atom. The molecule has 6 nitrogen and oxygen atoms in total. The monoisotopic (exact) mass is 347 g/mol. The van der Waals surface area contributed by atoms with Crippen molar-refractivity contribution in [2.45, 2.75) is 6.92 Å². The van der Waals surface area contributed by atoms with Gasteiger partial charge in [0.25, 0.3) is 0 Å². The Morgan fingerprint density at radius 1 is 1.29 bits per heavy atom. The maximum atomic E-state index is 12.1. The zero-order chi connectivity index (χ0) is 16.7. The molecule has 0 radical (unpaired) electrons. The molecule has 0 aromatic heterocycles. The number of fused-ring (bicyclic) bond motifs is 1. The molecule has 4 aliphatic rings. The summed E-state index contributed by atoms with van der Waals surface area (Å²) >= 11 is 5.93. The van der Waals surface area contributed by atoms with Gasteiger partial charge in [0, 0.05) is 61.3 Å². The second-order valence-corrected chi connectivity index (χ2v) is 7.74. The van der Waals surface area contributed by atoms with Crippen molar-refractivity contribution in [2.75, 3.05) is 44.6 Å². The lowest BCUT2D eigenvalue weighted by Gasteiger charge is -2.48. The molecule has 2 amide bonds. The third-order valence-corrected chi connectivity index (χ3v) is 5.44. The number of rotatable bonds is 2. The largest absolute Gasteiger partial charge is 0.339 e. The molecule has 24 heavy (non-hydrogen) atoms. The Kier molecular flexibility index (Phi) is 3.98. The highest BCUT2D eigenvalue weighted by Gasteiger charge is 2.49. The van der Waals surface area contributed by atoms with Crippen molar-refractivity contribution < 1.29 is 4.79 Å². The van der Waals surface area contributed by atoms with E-state index in [1.54, 1.807) is 24.3 Å². The predicted molar refractivity (Wildman–Crippen MR) is 95.5 cm³/mol. The molecule has 1 aromatic carbocycles. The third-order valence-electron chi connectivity index (χ3n) is 5.20. The maximum absolute atomic E-state index is 12.1. The summed E-state index contributed by atoms with van der Waals surface area (Å²) in [5.74, 6) is 0.409. The van der Waals surface area contributed by atoms with Crippen LogP contribution in [-0.2, 0) is 0 Å². The van der Waals surface area contributed by atoms with Gasteiger partial charge in [0.2, 0.25) is 0 Å². The summed E-state index contributed by atoms with van der Waals surface area (Å²) in [5, 5.41) is 7.88. The van der Waals surface area contributed by atoms with Crippen LogP contribution in [0.3, 0.4) is 0 Å². The molecule has 4 bridgehead atoms. The highest BCUT2D eigenvalue weighted by Crippen LogP contribution is 2.37. The summed E-state index contributed by atoms with van der Waals surface area (Å²) in [7, 11) is 0. The quantitative estimate of drug-likeness (QED) is 0.805. The van der Waals surface area contributed by atoms with Crippen molar-refractivity contribution >= 4 is 29.0 Å². The first-order valence-electron chi connectivity index (χ1n) is 8.37. The average molecular weight is 348 g/mol. The number of urea groups is 1. The molecule has 2 atom stereocenters. The molecular formula is C17H22ClN5O. The zero-order valence-electron chi connectivity index (χ0n) is 13.8. The van der Waals surface area contributed by atoms with E-state index in [1.165, 1.54) is 0 Å². The van der Waals surface area contributed by atoms with Crippen LogP contribution in [0.15, 0.2) is 29.4 Å². The van der Waals surface area contributed by atoms with Crippen LogP contribution in [-0.4, -0.2) is 60.8 Å². The van der Waals surface area contributed by atoms with Gasteiger partial charge in [-0.3, -0.25) is 0 Å². The summed E-state index contributed by atoms with van der Waals surface area (Å²) in [6, 6.07) is 6.75. The molecule has 128 valence electrons. The van der Waals surface area contributed by atoms with Crippen LogP contribution in [0.5, 0.6) is 0 Å². The number of anilines is 1. The predicted octanol–water partition coefficient (Wildman–Crippen LogP) is 2.08. The van der Waals surface area contributed by atoms with Gasteiger partial charge in [-0.15, -0.1) is 0 Å². The van der Waals surface area contributed by atoms with Gasteiger partial charge in [-0.1, -0.05) is 24.6 Å². The first kappa shape index (κ1) is 15.9. The van der Waals surface area contributed by atoms with Gasteiger partial charge in [0.1, 0.15) is 0 Å². The van der Waals surface area contributed by atoms with E-state index in [9.17, 15) is 4.79 Å². The van der Waals surface area contributed by atoms with Gasteiger partial charge in [-0.2, -0.15) is 5.10 Å². The number of benzene rings is 1. The van der Waals surface area contributed by atoms with E-state index in [4.69, 9.17) is 11.6 Å². The fraction of sp³-hybridized carbons (Fsp3) is 0.529. The van der Waals surface area contributed by atoms with Crippen LogP contribution in [0.1, 0.15) is 6.92 Å². The lowest BCUT2D eigenvalue weighted by Crippen LogP contribution is -2.60. The molecule has 0 aliphatic carbocycles. The summed E-state index contributed by atoms with van der Waals surface area (Å²) in [6.45, 7) is 8.68. The van der Waals surface area contributed by atoms with E-state index >= 15 is 0 Å². The Morgan fingerprint density at radius 2 is 2.00 bits per heavy atom. The number of halogens is 1. The van der Waals surface area contributed by atoms with E-state index < -0.39 is 0 Å². The van der Waals surface area contributed by atoms with E-state index in [-0.39, 0.29) is 11.4 Å². The molecule has 0 saturated carbocycles. The Hall–Kier alpha value is -1.63. The van der Waals surface area contributed by atoms with Crippen LogP contribution in [0.4, 0.5) is 10.5 Å². The van der Waals surface area contributed by atoms with Crippen LogP contribution in [0.25, 0.3) is 0 Å². The van der Waals surface area contributed by atoms with E-state index in [0.717, 1.165) is 45.0 Å². The number of carbonyl (C=O) groups is 1. The molecule has 0 spiro atoms. The van der Waals surface area contributed by atoms with Gasteiger partial charge in [0.05, 0.1) is 5.71 Å². The van der Waals surface area contributed by atoms with Crippen molar-refractivity contribution in [2.24, 2.45) is 16.4 Å². The molecule has 4 saturated heterocycles. The summed E-state index contributed by atoms with van der Waals surface area (Å²) in [6.07, 6.45) is 0. The van der Waals surface area contributed by atoms with Crippen molar-refractivity contribution in [3.63, 3.8) is 0 Å². The van der Waals surface area contributed by atoms with E-state index in [0.29, 0.717) is 16.6 Å². The van der Waals surface area contributed by atoms with Gasteiger partial charge in [-0.25, -0.2) is 10.2 Å². The minimum absolute atomic E-state index is 0.0288. The van der Waals surface area contributed by atoms with Crippen LogP contribution >= 0.6 is 11.6 Å². The Labute approximate surface area is 146 Å². The van der Waals surface area contributed by atoms with Crippen LogP contribution in [0.2, 0.25) is 5.02 Å². The van der Waals surface area contributed by atoms with Crippen LogP contribution < -0.4 is 10.7 Å². The zero-order valence-corrected chi connectivity index (χ0v) is 14.5. The highest BCUT2D eigenvalue weighted by atomic mass is 35.5. The van der Waals surface area contributed by atoms with Crippen LogP contribution in [0, 0.1) is 11.3 Å². The molecular weight excluding hydrogens is 326 g/mol. The minimum Gasteiger partial charge on any atom is -0.306 e. The number of piperidine rings is 2. The summed E-state index contributed by atoms with van der Waals surface area (Å²) < 4.78 is 0. The highest BCUT2D eigenvalue weighted by molar-refractivity contribution is 6.30.